The van der Waals surface area contributed by atoms with E-state index < -0.39 is 51.9 Å². The lowest BCUT2D eigenvalue weighted by molar-refractivity contribution is -0.159. The minimum atomic E-state index is -1.63. The lowest BCUT2D eigenvalue weighted by Crippen LogP contribution is -2.28. The van der Waals surface area contributed by atoms with Gasteiger partial charge < -0.3 is 18.9 Å². The topological polar surface area (TPSA) is 105 Å². The number of rotatable bonds is 12. The fourth-order valence-electron chi connectivity index (χ4n) is 4.29. The fraction of sp³-hybridized carbons (Fsp3) is 0.588. The second-order valence-corrected chi connectivity index (χ2v) is 16.4. The molecular formula is C34H42Cl6O8. The van der Waals surface area contributed by atoms with E-state index in [1.807, 2.05) is 0 Å². The monoisotopic (exact) mass is 788 g/mol. The third kappa shape index (κ3) is 11.7. The number of benzene rings is 1. The summed E-state index contributed by atoms with van der Waals surface area (Å²) in [6.45, 7) is 17.0. The van der Waals surface area contributed by atoms with Crippen molar-refractivity contribution >= 4 is 93.5 Å². The predicted molar refractivity (Wildman–Crippen MR) is 190 cm³/mol. The van der Waals surface area contributed by atoms with Crippen LogP contribution in [0.1, 0.15) is 97.9 Å². The van der Waals surface area contributed by atoms with E-state index in [1.54, 1.807) is 0 Å². The summed E-state index contributed by atoms with van der Waals surface area (Å²) in [4.78, 5) is 52.2. The number of halogens is 6. The lowest BCUT2D eigenvalue weighted by atomic mass is 9.79. The number of carbonyl (C=O) groups excluding carboxylic acids is 4. The number of ether oxygens (including phenoxy) is 4. The van der Waals surface area contributed by atoms with Crippen LogP contribution < -0.4 is 4.74 Å². The van der Waals surface area contributed by atoms with Gasteiger partial charge in [-0.1, -0.05) is 113 Å². The van der Waals surface area contributed by atoms with Crippen LogP contribution in [0, 0.1) is 22.7 Å². The Balaban J connectivity index is 2.22. The summed E-state index contributed by atoms with van der Waals surface area (Å²) in [6.07, 6.45) is 2.57. The molecule has 0 spiro atoms. The van der Waals surface area contributed by atoms with Crippen molar-refractivity contribution < 1.29 is 38.1 Å². The first kappa shape index (κ1) is 42.5. The highest BCUT2D eigenvalue weighted by Gasteiger charge is 2.37. The molecule has 0 fully saturated rings. The molecule has 0 heterocycles. The summed E-state index contributed by atoms with van der Waals surface area (Å²) >= 11 is 37.6. The molecule has 1 aromatic carbocycles. The average molecular weight is 791 g/mol. The molecule has 0 radical (unpaired) electrons. The van der Waals surface area contributed by atoms with Crippen LogP contribution in [0.15, 0.2) is 27.5 Å². The Morgan fingerprint density at radius 2 is 1.25 bits per heavy atom. The normalized spacial score (nSPS) is 16.8. The molecule has 0 saturated carbocycles. The summed E-state index contributed by atoms with van der Waals surface area (Å²) in [5.74, 6) is -5.58. The van der Waals surface area contributed by atoms with Crippen LogP contribution in [0.2, 0.25) is 15.1 Å². The first-order valence-corrected chi connectivity index (χ1v) is 17.8. The highest BCUT2D eigenvalue weighted by atomic mass is 35.5. The molecule has 0 amide bonds. The molecule has 2 rings (SSSR count). The van der Waals surface area contributed by atoms with E-state index in [0.29, 0.717) is 24.7 Å². The number of hydrogen-bond acceptors (Lipinski definition) is 8. The molecule has 48 heavy (non-hydrogen) atoms. The van der Waals surface area contributed by atoms with Crippen molar-refractivity contribution in [2.75, 3.05) is 13.2 Å². The van der Waals surface area contributed by atoms with E-state index in [4.69, 9.17) is 88.6 Å². The van der Waals surface area contributed by atoms with Crippen LogP contribution in [-0.2, 0) is 28.6 Å². The smallest absolute Gasteiger partial charge is 0.423 e. The third-order valence-electron chi connectivity index (χ3n) is 8.42. The van der Waals surface area contributed by atoms with E-state index in [0.717, 1.165) is 18.9 Å². The summed E-state index contributed by atoms with van der Waals surface area (Å²) in [5.41, 5.74) is -0.729. The number of hydrogen-bond donors (Lipinski definition) is 0. The maximum Gasteiger partial charge on any atom is 0.423 e. The molecule has 0 N–H and O–H groups in total. The van der Waals surface area contributed by atoms with Gasteiger partial charge in [-0.2, -0.15) is 0 Å². The Morgan fingerprint density at radius 1 is 0.771 bits per heavy atom. The van der Waals surface area contributed by atoms with E-state index >= 15 is 0 Å². The molecule has 3 unspecified atom stereocenters. The lowest BCUT2D eigenvalue weighted by Gasteiger charge is -2.27. The van der Waals surface area contributed by atoms with Gasteiger partial charge in [-0.3, -0.25) is 0 Å². The Labute approximate surface area is 312 Å². The second-order valence-electron chi connectivity index (χ2n) is 13.9. The Morgan fingerprint density at radius 3 is 1.75 bits per heavy atom. The molecule has 8 nitrogen and oxygen atoms in total. The van der Waals surface area contributed by atoms with E-state index in [1.165, 1.54) is 0 Å². The van der Waals surface area contributed by atoms with Crippen molar-refractivity contribution in [3.63, 3.8) is 0 Å². The van der Waals surface area contributed by atoms with E-state index in [9.17, 15) is 19.2 Å². The molecule has 0 saturated heterocycles. The van der Waals surface area contributed by atoms with E-state index in [2.05, 4.69) is 55.4 Å². The van der Waals surface area contributed by atoms with Crippen molar-refractivity contribution in [1.82, 2.24) is 0 Å². The van der Waals surface area contributed by atoms with Gasteiger partial charge in [0.25, 0.3) is 0 Å². The van der Waals surface area contributed by atoms with Crippen molar-refractivity contribution in [1.29, 1.82) is 0 Å². The Bertz CT molecular complexity index is 1450. The Hall–Kier alpha value is -1.68. The molecule has 0 bridgehead atoms. The summed E-state index contributed by atoms with van der Waals surface area (Å²) in [7, 11) is 0. The summed E-state index contributed by atoms with van der Waals surface area (Å²) < 4.78 is 21.2. The van der Waals surface area contributed by atoms with Gasteiger partial charge in [-0.05, 0) is 54.4 Å². The zero-order chi connectivity index (χ0) is 36.7. The van der Waals surface area contributed by atoms with Crippen LogP contribution in [0.4, 0.5) is 0 Å². The Kier molecular flexibility index (Phi) is 15.9. The zero-order valence-electron chi connectivity index (χ0n) is 28.3. The molecule has 14 heteroatoms. The average Bonchev–Trinajstić information content (AvgIpc) is 2.97. The molecular weight excluding hydrogens is 749 g/mol. The molecule has 1 aliphatic carbocycles. The van der Waals surface area contributed by atoms with Gasteiger partial charge in [-0.25, -0.2) is 19.2 Å². The summed E-state index contributed by atoms with van der Waals surface area (Å²) in [5, 5.41) is -2.01. The molecule has 268 valence electrons. The van der Waals surface area contributed by atoms with Crippen molar-refractivity contribution in [3.05, 3.63) is 48.1 Å². The standard InChI is InChI=1S/C34H42Cl6O8/c1-17(33(3,4)5)11-9-13-45-29(41)23-25(39)19(35)15-21(37)27(23)47-31(43)32(44)48-28-22(38)16-20(36)26(40)24(28)30(42)46-14-10-12-18(2)34(6,7)8/h15,17-18,20H,9-14,16H2,1-8H3. The fourth-order valence-corrected chi connectivity index (χ4v) is 5.87. The van der Waals surface area contributed by atoms with Crippen LogP contribution in [-0.4, -0.2) is 42.5 Å². The maximum atomic E-state index is 13.1. The second kappa shape index (κ2) is 18.0. The van der Waals surface area contributed by atoms with Gasteiger partial charge in [-0.15, -0.1) is 11.6 Å². The molecule has 3 atom stereocenters. The maximum absolute atomic E-state index is 13.1. The first-order chi connectivity index (χ1) is 22.1. The third-order valence-corrected chi connectivity index (χ3v) is 10.8. The van der Waals surface area contributed by atoms with Crippen LogP contribution in [0.25, 0.3) is 0 Å². The highest BCUT2D eigenvalue weighted by Crippen LogP contribution is 2.41. The van der Waals surface area contributed by atoms with Gasteiger partial charge in [0.1, 0.15) is 11.1 Å². The van der Waals surface area contributed by atoms with Crippen molar-refractivity contribution in [3.8, 4) is 5.75 Å². The van der Waals surface area contributed by atoms with Gasteiger partial charge in [0.05, 0.1) is 43.7 Å². The molecule has 0 aromatic heterocycles. The largest absolute Gasteiger partial charge is 0.462 e. The first-order valence-electron chi connectivity index (χ1n) is 15.5. The predicted octanol–water partition coefficient (Wildman–Crippen LogP) is 10.7. The van der Waals surface area contributed by atoms with Gasteiger partial charge in [0, 0.05) is 6.42 Å². The molecule has 1 aliphatic rings. The minimum absolute atomic E-state index is 0.0327. The van der Waals surface area contributed by atoms with Gasteiger partial charge in [0.15, 0.2) is 11.5 Å². The highest BCUT2D eigenvalue weighted by molar-refractivity contribution is 6.46. The quantitative estimate of drug-likeness (QED) is 0.0392. The SMILES string of the molecule is CC(CCCOC(=O)C1=C(Cl)C(Cl)CC(Cl)=C1OC(=O)C(=O)Oc1c(Cl)cc(Cl)c(Cl)c1C(=O)OCCCC(C)C(C)(C)C)C(C)(C)C. The molecule has 0 aliphatic heterocycles. The number of esters is 4. The minimum Gasteiger partial charge on any atom is -0.462 e. The zero-order valence-corrected chi connectivity index (χ0v) is 32.8. The summed E-state index contributed by atoms with van der Waals surface area (Å²) in [6, 6.07) is 1.13. The van der Waals surface area contributed by atoms with Crippen LogP contribution >= 0.6 is 69.6 Å². The van der Waals surface area contributed by atoms with Crippen molar-refractivity contribution in [2.24, 2.45) is 22.7 Å². The number of carbonyl (C=O) groups is 4. The van der Waals surface area contributed by atoms with Crippen LogP contribution in [0.3, 0.4) is 0 Å². The van der Waals surface area contributed by atoms with Gasteiger partial charge in [0.2, 0.25) is 0 Å². The van der Waals surface area contributed by atoms with E-state index in [-0.39, 0.29) is 55.6 Å². The van der Waals surface area contributed by atoms with Crippen LogP contribution in [0.5, 0.6) is 5.75 Å². The number of allylic oxidation sites excluding steroid dienone is 2. The van der Waals surface area contributed by atoms with Crippen molar-refractivity contribution in [2.45, 2.75) is 92.9 Å². The number of alkyl halides is 1. The van der Waals surface area contributed by atoms with Gasteiger partial charge >= 0.3 is 23.9 Å². The molecule has 1 aromatic rings.